The molecule has 0 aromatic rings. The highest BCUT2D eigenvalue weighted by Crippen LogP contribution is 2.05. The van der Waals surface area contributed by atoms with Crippen LogP contribution in [0.1, 0.15) is 33.1 Å². The number of rotatable bonds is 8. The second-order valence-corrected chi connectivity index (χ2v) is 5.36. The molecule has 0 saturated carbocycles. The van der Waals surface area contributed by atoms with Gasteiger partial charge in [0.2, 0.25) is 5.91 Å². The lowest BCUT2D eigenvalue weighted by molar-refractivity contribution is -0.123. The Morgan fingerprint density at radius 3 is 2.68 bits per heavy atom. The fourth-order valence-corrected chi connectivity index (χ4v) is 2.13. The number of hydrogen-bond acceptors (Lipinski definition) is 4. The monoisotopic (exact) mass is 271 g/mol. The predicted molar refractivity (Wildman–Crippen MR) is 76.9 cm³/mol. The molecule has 0 aromatic carbocycles. The molecule has 1 amide bonds. The molecule has 1 aliphatic rings. The molecule has 0 aromatic heterocycles. The van der Waals surface area contributed by atoms with Gasteiger partial charge in [-0.2, -0.15) is 0 Å². The van der Waals surface area contributed by atoms with Gasteiger partial charge in [-0.15, -0.1) is 0 Å². The van der Waals surface area contributed by atoms with Gasteiger partial charge in [0.1, 0.15) is 0 Å². The van der Waals surface area contributed by atoms with Crippen molar-refractivity contribution < 1.29 is 9.53 Å². The van der Waals surface area contributed by atoms with Gasteiger partial charge in [0, 0.05) is 19.6 Å². The number of hydrogen-bond donors (Lipinski definition) is 2. The molecule has 2 atom stereocenters. The third-order valence-electron chi connectivity index (χ3n) is 3.86. The van der Waals surface area contributed by atoms with Crippen LogP contribution in [0, 0.1) is 5.92 Å². The number of unbranched alkanes of at least 4 members (excludes halogenated alkanes) is 1. The molecule has 5 heteroatoms. The minimum atomic E-state index is -0.371. The van der Waals surface area contributed by atoms with Crippen LogP contribution in [0.2, 0.25) is 0 Å². The van der Waals surface area contributed by atoms with E-state index in [9.17, 15) is 4.79 Å². The van der Waals surface area contributed by atoms with Crippen LogP contribution in [0.15, 0.2) is 0 Å². The van der Waals surface area contributed by atoms with Gasteiger partial charge < -0.3 is 15.8 Å². The zero-order chi connectivity index (χ0) is 14.1. The lowest BCUT2D eigenvalue weighted by Gasteiger charge is -2.26. The molecular formula is C14H29N3O2. The average Bonchev–Trinajstić information content (AvgIpc) is 2.46. The number of nitrogens with two attached hydrogens (primary N) is 1. The number of carbonyl (C=O) groups is 1. The number of amides is 1. The fraction of sp³-hybridized carbons (Fsp3) is 0.929. The highest BCUT2D eigenvalue weighted by atomic mass is 16.5. The van der Waals surface area contributed by atoms with Crippen LogP contribution >= 0.6 is 0 Å². The van der Waals surface area contributed by atoms with Crippen LogP contribution in [0.3, 0.4) is 0 Å². The van der Waals surface area contributed by atoms with Crippen molar-refractivity contribution in [2.24, 2.45) is 11.7 Å². The Kier molecular flexibility index (Phi) is 8.02. The van der Waals surface area contributed by atoms with Gasteiger partial charge in [0.15, 0.2) is 0 Å². The summed E-state index contributed by atoms with van der Waals surface area (Å²) in [6, 6.07) is -0.371. The van der Waals surface area contributed by atoms with E-state index in [1.165, 1.54) is 0 Å². The van der Waals surface area contributed by atoms with Crippen molar-refractivity contribution in [2.45, 2.75) is 39.2 Å². The molecule has 0 aliphatic carbocycles. The van der Waals surface area contributed by atoms with Gasteiger partial charge in [-0.25, -0.2) is 0 Å². The van der Waals surface area contributed by atoms with Crippen molar-refractivity contribution >= 4 is 5.91 Å². The van der Waals surface area contributed by atoms with Crippen LogP contribution in [0.25, 0.3) is 0 Å². The maximum Gasteiger partial charge on any atom is 0.237 e. The summed E-state index contributed by atoms with van der Waals surface area (Å²) in [5.74, 6) is 0.231. The maximum atomic E-state index is 11.7. The van der Waals surface area contributed by atoms with Crippen LogP contribution in [0.4, 0.5) is 0 Å². The maximum absolute atomic E-state index is 11.7. The third kappa shape index (κ3) is 6.36. The van der Waals surface area contributed by atoms with E-state index in [1.807, 2.05) is 6.92 Å². The van der Waals surface area contributed by atoms with Gasteiger partial charge >= 0.3 is 0 Å². The number of morpholine rings is 1. The Bertz CT molecular complexity index is 255. The molecule has 0 bridgehead atoms. The molecule has 1 fully saturated rings. The predicted octanol–water partition coefficient (Wildman–Crippen LogP) is 0.588. The Labute approximate surface area is 116 Å². The van der Waals surface area contributed by atoms with Gasteiger partial charge in [0.25, 0.3) is 0 Å². The zero-order valence-corrected chi connectivity index (χ0v) is 12.4. The summed E-state index contributed by atoms with van der Waals surface area (Å²) in [4.78, 5) is 14.2. The molecule has 0 radical (unpaired) electrons. The summed E-state index contributed by atoms with van der Waals surface area (Å²) < 4.78 is 5.31. The highest BCUT2D eigenvalue weighted by molar-refractivity contribution is 5.81. The van der Waals surface area contributed by atoms with E-state index in [4.69, 9.17) is 10.5 Å². The van der Waals surface area contributed by atoms with Gasteiger partial charge in [-0.1, -0.05) is 20.3 Å². The van der Waals surface area contributed by atoms with Gasteiger partial charge in [-0.05, 0) is 25.3 Å². The average molecular weight is 271 g/mol. The summed E-state index contributed by atoms with van der Waals surface area (Å²) in [5.41, 5.74) is 5.87. The first-order valence-corrected chi connectivity index (χ1v) is 7.48. The first kappa shape index (κ1) is 16.4. The Balaban J connectivity index is 2.02. The van der Waals surface area contributed by atoms with Crippen molar-refractivity contribution in [1.29, 1.82) is 0 Å². The van der Waals surface area contributed by atoms with Crippen LogP contribution in [-0.2, 0) is 9.53 Å². The van der Waals surface area contributed by atoms with Gasteiger partial charge in [-0.3, -0.25) is 9.69 Å². The standard InChI is InChI=1S/C14H29N3O2/c1-3-12(2)13(15)14(18)16-6-4-5-7-17-8-10-19-11-9-17/h12-13H,3-11,15H2,1-2H3,(H,16,18). The second kappa shape index (κ2) is 9.28. The van der Waals surface area contributed by atoms with Crippen molar-refractivity contribution in [3.63, 3.8) is 0 Å². The molecule has 0 spiro atoms. The highest BCUT2D eigenvalue weighted by Gasteiger charge is 2.18. The summed E-state index contributed by atoms with van der Waals surface area (Å²) in [6.45, 7) is 9.66. The molecule has 1 saturated heterocycles. The normalized spacial score (nSPS) is 19.9. The first-order chi connectivity index (χ1) is 9.15. The largest absolute Gasteiger partial charge is 0.379 e. The lowest BCUT2D eigenvalue weighted by atomic mass is 9.99. The minimum absolute atomic E-state index is 0.0132. The molecule has 19 heavy (non-hydrogen) atoms. The SMILES string of the molecule is CCC(C)C(N)C(=O)NCCCCN1CCOCC1. The van der Waals surface area contributed by atoms with Crippen molar-refractivity contribution in [3.05, 3.63) is 0 Å². The minimum Gasteiger partial charge on any atom is -0.379 e. The molecule has 5 nitrogen and oxygen atoms in total. The smallest absolute Gasteiger partial charge is 0.237 e. The summed E-state index contributed by atoms with van der Waals surface area (Å²) in [6.07, 6.45) is 3.06. The molecule has 112 valence electrons. The topological polar surface area (TPSA) is 67.6 Å². The Morgan fingerprint density at radius 2 is 2.05 bits per heavy atom. The molecule has 2 unspecified atom stereocenters. The third-order valence-corrected chi connectivity index (χ3v) is 3.86. The van der Waals surface area contributed by atoms with Gasteiger partial charge in [0.05, 0.1) is 19.3 Å². The molecule has 1 aliphatic heterocycles. The van der Waals surface area contributed by atoms with E-state index in [0.29, 0.717) is 0 Å². The quantitative estimate of drug-likeness (QED) is 0.634. The number of ether oxygens (including phenoxy) is 1. The van der Waals surface area contributed by atoms with E-state index in [2.05, 4.69) is 17.1 Å². The van der Waals surface area contributed by atoms with E-state index >= 15 is 0 Å². The molecule has 3 N–H and O–H groups in total. The Hall–Kier alpha value is -0.650. The second-order valence-electron chi connectivity index (χ2n) is 5.36. The number of nitrogens with zero attached hydrogens (tertiary/aromatic N) is 1. The first-order valence-electron chi connectivity index (χ1n) is 7.48. The van der Waals surface area contributed by atoms with Crippen LogP contribution in [-0.4, -0.2) is 56.2 Å². The van der Waals surface area contributed by atoms with Crippen molar-refractivity contribution in [1.82, 2.24) is 10.2 Å². The van der Waals surface area contributed by atoms with E-state index in [1.54, 1.807) is 0 Å². The molecule has 1 rings (SSSR count). The van der Waals surface area contributed by atoms with E-state index < -0.39 is 0 Å². The number of nitrogens with one attached hydrogen (secondary N) is 1. The fourth-order valence-electron chi connectivity index (χ4n) is 2.13. The Morgan fingerprint density at radius 1 is 1.37 bits per heavy atom. The molecular weight excluding hydrogens is 242 g/mol. The summed E-state index contributed by atoms with van der Waals surface area (Å²) >= 11 is 0. The van der Waals surface area contributed by atoms with Crippen molar-refractivity contribution in [2.75, 3.05) is 39.4 Å². The van der Waals surface area contributed by atoms with E-state index in [0.717, 1.165) is 58.7 Å². The zero-order valence-electron chi connectivity index (χ0n) is 12.4. The van der Waals surface area contributed by atoms with Crippen molar-refractivity contribution in [3.8, 4) is 0 Å². The summed E-state index contributed by atoms with van der Waals surface area (Å²) in [5, 5.41) is 2.93. The van der Waals surface area contributed by atoms with E-state index in [-0.39, 0.29) is 17.9 Å². The number of carbonyl (C=O) groups excluding carboxylic acids is 1. The van der Waals surface area contributed by atoms with Crippen LogP contribution in [0.5, 0.6) is 0 Å². The summed E-state index contributed by atoms with van der Waals surface area (Å²) in [7, 11) is 0. The molecule has 1 heterocycles. The lowest BCUT2D eigenvalue weighted by Crippen LogP contribution is -2.45. The van der Waals surface area contributed by atoms with Crippen LogP contribution < -0.4 is 11.1 Å².